The Balaban J connectivity index is 1.98. The van der Waals surface area contributed by atoms with E-state index in [1.165, 1.54) is 0 Å². The normalized spacial score (nSPS) is 21.8. The lowest BCUT2D eigenvalue weighted by Crippen LogP contribution is -2.56. The summed E-state index contributed by atoms with van der Waals surface area (Å²) in [6.45, 7) is 4.10. The van der Waals surface area contributed by atoms with Gasteiger partial charge in [0.25, 0.3) is 11.8 Å². The van der Waals surface area contributed by atoms with Gasteiger partial charge in [-0.1, -0.05) is 19.1 Å². The zero-order chi connectivity index (χ0) is 19.7. The minimum Gasteiger partial charge on any atom is -0.481 e. The summed E-state index contributed by atoms with van der Waals surface area (Å²) >= 11 is 0. The number of carbonyl (C=O) groups excluding carboxylic acids is 3. The van der Waals surface area contributed by atoms with Crippen molar-refractivity contribution in [3.8, 4) is 0 Å². The van der Waals surface area contributed by atoms with Crippen molar-refractivity contribution in [2.75, 3.05) is 6.54 Å². The standard InChI is InChI=1S/C20H24N2O5/c1-12(11-16(23)24)17(20(27)21-10-6-5-7-13(21)2)22-18(25)14-8-3-4-9-15(14)19(22)26/h3-4,8-9,12-13,17H,5-7,10-11H2,1-2H3,(H,23,24)/t12-,13-,17-/m1/s1. The zero-order valence-corrected chi connectivity index (χ0v) is 15.6. The number of benzene rings is 1. The number of aliphatic carboxylic acids is 1. The van der Waals surface area contributed by atoms with E-state index >= 15 is 0 Å². The summed E-state index contributed by atoms with van der Waals surface area (Å²) in [4.78, 5) is 53.1. The lowest BCUT2D eigenvalue weighted by Gasteiger charge is -2.39. The van der Waals surface area contributed by atoms with Gasteiger partial charge in [-0.25, -0.2) is 0 Å². The first kappa shape index (κ1) is 19.1. The number of likely N-dealkylation sites (tertiary alicyclic amines) is 1. The highest BCUT2D eigenvalue weighted by Crippen LogP contribution is 2.30. The summed E-state index contributed by atoms with van der Waals surface area (Å²) in [7, 11) is 0. The summed E-state index contributed by atoms with van der Waals surface area (Å²) in [6.07, 6.45) is 2.44. The largest absolute Gasteiger partial charge is 0.481 e. The summed E-state index contributed by atoms with van der Waals surface area (Å²) < 4.78 is 0. The second-order valence-corrected chi connectivity index (χ2v) is 7.42. The van der Waals surface area contributed by atoms with Crippen LogP contribution in [0.15, 0.2) is 24.3 Å². The zero-order valence-electron chi connectivity index (χ0n) is 15.6. The number of hydrogen-bond donors (Lipinski definition) is 1. The van der Waals surface area contributed by atoms with E-state index in [1.807, 2.05) is 6.92 Å². The molecule has 0 bridgehead atoms. The topological polar surface area (TPSA) is 95.0 Å². The van der Waals surface area contributed by atoms with Crippen LogP contribution < -0.4 is 0 Å². The number of rotatable bonds is 5. The Morgan fingerprint density at radius 3 is 2.26 bits per heavy atom. The van der Waals surface area contributed by atoms with Crippen molar-refractivity contribution in [1.29, 1.82) is 0 Å². The van der Waals surface area contributed by atoms with Gasteiger partial charge in [0.1, 0.15) is 6.04 Å². The van der Waals surface area contributed by atoms with Crippen LogP contribution in [0.4, 0.5) is 0 Å². The smallest absolute Gasteiger partial charge is 0.303 e. The first-order valence-corrected chi connectivity index (χ1v) is 9.32. The Kier molecular flexibility index (Phi) is 5.30. The number of imide groups is 1. The molecule has 1 fully saturated rings. The minimum absolute atomic E-state index is 0.000889. The predicted molar refractivity (Wildman–Crippen MR) is 97.2 cm³/mol. The van der Waals surface area contributed by atoms with Crippen molar-refractivity contribution >= 4 is 23.7 Å². The summed E-state index contributed by atoms with van der Waals surface area (Å²) in [5.41, 5.74) is 0.518. The van der Waals surface area contributed by atoms with Crippen molar-refractivity contribution < 1.29 is 24.3 Å². The third-order valence-electron chi connectivity index (χ3n) is 5.48. The monoisotopic (exact) mass is 372 g/mol. The van der Waals surface area contributed by atoms with Gasteiger partial charge in [0.15, 0.2) is 0 Å². The quantitative estimate of drug-likeness (QED) is 0.799. The van der Waals surface area contributed by atoms with Crippen molar-refractivity contribution in [1.82, 2.24) is 9.80 Å². The molecular formula is C20H24N2O5. The van der Waals surface area contributed by atoms with E-state index in [1.54, 1.807) is 36.1 Å². The van der Waals surface area contributed by atoms with E-state index < -0.39 is 29.7 Å². The second-order valence-electron chi connectivity index (χ2n) is 7.42. The van der Waals surface area contributed by atoms with Gasteiger partial charge in [-0.3, -0.25) is 24.1 Å². The van der Waals surface area contributed by atoms with Crippen molar-refractivity contribution in [3.05, 3.63) is 35.4 Å². The summed E-state index contributed by atoms with van der Waals surface area (Å²) in [5.74, 6) is -3.16. The van der Waals surface area contributed by atoms with Gasteiger partial charge in [-0.15, -0.1) is 0 Å². The molecule has 27 heavy (non-hydrogen) atoms. The number of carboxylic acids is 1. The fourth-order valence-corrected chi connectivity index (χ4v) is 4.05. The number of amides is 3. The van der Waals surface area contributed by atoms with Gasteiger partial charge in [-0.2, -0.15) is 0 Å². The third kappa shape index (κ3) is 3.46. The van der Waals surface area contributed by atoms with Crippen LogP contribution in [0.3, 0.4) is 0 Å². The summed E-state index contributed by atoms with van der Waals surface area (Å²) in [5, 5.41) is 9.21. The average molecular weight is 372 g/mol. The number of carbonyl (C=O) groups is 4. The third-order valence-corrected chi connectivity index (χ3v) is 5.48. The maximum Gasteiger partial charge on any atom is 0.303 e. The maximum atomic E-state index is 13.3. The Morgan fingerprint density at radius 2 is 1.74 bits per heavy atom. The molecule has 1 aromatic rings. The van der Waals surface area contributed by atoms with E-state index in [-0.39, 0.29) is 29.5 Å². The number of nitrogens with zero attached hydrogens (tertiary/aromatic N) is 2. The molecule has 0 aliphatic carbocycles. The van der Waals surface area contributed by atoms with E-state index in [2.05, 4.69) is 0 Å². The van der Waals surface area contributed by atoms with Crippen LogP contribution in [-0.2, 0) is 9.59 Å². The van der Waals surface area contributed by atoms with Crippen LogP contribution >= 0.6 is 0 Å². The van der Waals surface area contributed by atoms with Crippen LogP contribution in [0.25, 0.3) is 0 Å². The highest BCUT2D eigenvalue weighted by molar-refractivity contribution is 6.22. The molecule has 3 atom stereocenters. The highest BCUT2D eigenvalue weighted by atomic mass is 16.4. The second kappa shape index (κ2) is 7.50. The number of carboxylic acid groups (broad SMARTS) is 1. The molecule has 0 spiro atoms. The lowest BCUT2D eigenvalue weighted by molar-refractivity contribution is -0.143. The molecule has 7 nitrogen and oxygen atoms in total. The Bertz CT molecular complexity index is 755. The van der Waals surface area contributed by atoms with Gasteiger partial charge in [0, 0.05) is 12.6 Å². The van der Waals surface area contributed by atoms with Crippen LogP contribution in [-0.4, -0.2) is 57.2 Å². The van der Waals surface area contributed by atoms with Crippen LogP contribution in [0.2, 0.25) is 0 Å². The fraction of sp³-hybridized carbons (Fsp3) is 0.500. The van der Waals surface area contributed by atoms with Crippen molar-refractivity contribution in [2.24, 2.45) is 5.92 Å². The predicted octanol–water partition coefficient (Wildman–Crippen LogP) is 2.16. The Morgan fingerprint density at radius 1 is 1.15 bits per heavy atom. The average Bonchev–Trinajstić information content (AvgIpc) is 2.87. The van der Waals surface area contributed by atoms with Gasteiger partial charge in [0.05, 0.1) is 17.5 Å². The highest BCUT2D eigenvalue weighted by Gasteiger charge is 2.47. The number of fused-ring (bicyclic) bond motifs is 1. The van der Waals surface area contributed by atoms with Gasteiger partial charge in [-0.05, 0) is 44.2 Å². The Labute approximate surface area is 157 Å². The minimum atomic E-state index is -1.12. The molecule has 2 aliphatic heterocycles. The van der Waals surface area contributed by atoms with E-state index in [9.17, 15) is 24.3 Å². The molecule has 2 heterocycles. The molecule has 0 radical (unpaired) electrons. The van der Waals surface area contributed by atoms with E-state index in [0.717, 1.165) is 24.2 Å². The number of hydrogen-bond acceptors (Lipinski definition) is 4. The Hall–Kier alpha value is -2.70. The molecule has 144 valence electrons. The van der Waals surface area contributed by atoms with Crippen LogP contribution in [0.1, 0.15) is 60.2 Å². The van der Waals surface area contributed by atoms with Crippen molar-refractivity contribution in [2.45, 2.75) is 51.6 Å². The molecule has 3 amide bonds. The van der Waals surface area contributed by atoms with E-state index in [4.69, 9.17) is 0 Å². The molecule has 7 heteroatoms. The fourth-order valence-electron chi connectivity index (χ4n) is 4.05. The van der Waals surface area contributed by atoms with Crippen LogP contribution in [0, 0.1) is 5.92 Å². The molecule has 0 aromatic heterocycles. The SMILES string of the molecule is C[C@H](CC(=O)O)[C@H](C(=O)N1CCCC[C@H]1C)N1C(=O)c2ccccc2C1=O. The summed E-state index contributed by atoms with van der Waals surface area (Å²) in [6, 6.07) is 5.33. The lowest BCUT2D eigenvalue weighted by atomic mass is 9.93. The maximum absolute atomic E-state index is 13.3. The molecule has 0 saturated carbocycles. The van der Waals surface area contributed by atoms with E-state index in [0.29, 0.717) is 6.54 Å². The van der Waals surface area contributed by atoms with Gasteiger partial charge >= 0.3 is 5.97 Å². The molecule has 0 unspecified atom stereocenters. The molecule has 1 aromatic carbocycles. The molecule has 1 saturated heterocycles. The van der Waals surface area contributed by atoms with Gasteiger partial charge in [0.2, 0.25) is 5.91 Å². The first-order chi connectivity index (χ1) is 12.8. The molecular weight excluding hydrogens is 348 g/mol. The molecule has 2 aliphatic rings. The first-order valence-electron chi connectivity index (χ1n) is 9.32. The van der Waals surface area contributed by atoms with Crippen LogP contribution in [0.5, 0.6) is 0 Å². The molecule has 1 N–H and O–H groups in total. The van der Waals surface area contributed by atoms with Crippen molar-refractivity contribution in [3.63, 3.8) is 0 Å². The number of piperidine rings is 1. The molecule has 3 rings (SSSR count). The van der Waals surface area contributed by atoms with Gasteiger partial charge < -0.3 is 10.0 Å².